The lowest BCUT2D eigenvalue weighted by Crippen LogP contribution is -2.19. The Bertz CT molecular complexity index is 655. The molecule has 3 rings (SSSR count). The molecule has 1 aliphatic rings. The third kappa shape index (κ3) is 3.11. The molecule has 0 radical (unpaired) electrons. The van der Waals surface area contributed by atoms with E-state index in [0.29, 0.717) is 16.9 Å². The fourth-order valence-corrected chi connectivity index (χ4v) is 3.34. The van der Waals surface area contributed by atoms with E-state index in [2.05, 4.69) is 27.2 Å². The van der Waals surface area contributed by atoms with Gasteiger partial charge in [0.2, 0.25) is 0 Å². The third-order valence-electron chi connectivity index (χ3n) is 3.76. The van der Waals surface area contributed by atoms with Gasteiger partial charge in [-0.2, -0.15) is 0 Å². The second-order valence-corrected chi connectivity index (χ2v) is 6.58. The van der Waals surface area contributed by atoms with Gasteiger partial charge in [-0.1, -0.05) is 0 Å². The van der Waals surface area contributed by atoms with Gasteiger partial charge in [-0.15, -0.1) is 11.3 Å². The molecule has 2 aromatic rings. The number of carbonyl (C=O) groups is 1. The van der Waals surface area contributed by atoms with Crippen molar-refractivity contribution >= 4 is 22.4 Å². The molecule has 1 N–H and O–H groups in total. The molecular formula is C15H18N4OS. The van der Waals surface area contributed by atoms with Crippen LogP contribution in [0.1, 0.15) is 39.8 Å². The summed E-state index contributed by atoms with van der Waals surface area (Å²) in [5.74, 6) is -0.202. The molecule has 21 heavy (non-hydrogen) atoms. The number of rotatable bonds is 3. The number of hydrogen-bond donors (Lipinski definition) is 1. The van der Waals surface area contributed by atoms with Gasteiger partial charge >= 0.3 is 0 Å². The van der Waals surface area contributed by atoms with Crippen LogP contribution in [0.3, 0.4) is 0 Å². The Morgan fingerprint density at radius 2 is 2.33 bits per heavy atom. The number of anilines is 1. The summed E-state index contributed by atoms with van der Waals surface area (Å²) in [5, 5.41) is 3.41. The van der Waals surface area contributed by atoms with Crippen molar-refractivity contribution in [3.05, 3.63) is 40.7 Å². The molecule has 1 saturated heterocycles. The molecule has 1 amide bonds. The van der Waals surface area contributed by atoms with E-state index in [1.54, 1.807) is 12.4 Å². The van der Waals surface area contributed by atoms with Crippen molar-refractivity contribution in [3.63, 3.8) is 0 Å². The van der Waals surface area contributed by atoms with E-state index in [4.69, 9.17) is 0 Å². The number of nitrogens with one attached hydrogen (secondary N) is 1. The van der Waals surface area contributed by atoms with Crippen molar-refractivity contribution in [1.82, 2.24) is 14.9 Å². The Kier molecular flexibility index (Phi) is 3.98. The van der Waals surface area contributed by atoms with E-state index in [1.165, 1.54) is 17.8 Å². The maximum Gasteiger partial charge on any atom is 0.276 e. The number of thiazole rings is 1. The Hall–Kier alpha value is -1.79. The van der Waals surface area contributed by atoms with Crippen LogP contribution in [0.15, 0.2) is 24.5 Å². The summed E-state index contributed by atoms with van der Waals surface area (Å²) in [7, 11) is 2.12. The Morgan fingerprint density at radius 1 is 1.48 bits per heavy atom. The maximum atomic E-state index is 12.3. The van der Waals surface area contributed by atoms with Crippen LogP contribution in [-0.4, -0.2) is 34.4 Å². The maximum absolute atomic E-state index is 12.3. The highest BCUT2D eigenvalue weighted by Crippen LogP contribution is 2.30. The minimum Gasteiger partial charge on any atom is -0.299 e. The second-order valence-electron chi connectivity index (χ2n) is 5.34. The fourth-order valence-electron chi connectivity index (χ4n) is 2.68. The first-order valence-corrected chi connectivity index (χ1v) is 7.85. The topological polar surface area (TPSA) is 58.1 Å². The first-order chi connectivity index (χ1) is 10.1. The number of aryl methyl sites for hydroxylation is 1. The minimum absolute atomic E-state index is 0.202. The molecule has 0 aromatic carbocycles. The molecule has 0 bridgehead atoms. The van der Waals surface area contributed by atoms with Gasteiger partial charge in [-0.3, -0.25) is 20.0 Å². The van der Waals surface area contributed by atoms with E-state index in [0.717, 1.165) is 23.4 Å². The summed E-state index contributed by atoms with van der Waals surface area (Å²) in [5.41, 5.74) is 1.60. The standard InChI is InChI=1S/C15H18N4OS/c1-10-9-17-15(21-10)18-14(20)12-8-11(5-6-16-12)13-4-3-7-19(13)2/h5-6,8-9,13H,3-4,7H2,1-2H3,(H,17,18,20)/t13-/m0/s1. The van der Waals surface area contributed by atoms with Gasteiger partial charge in [-0.25, -0.2) is 4.98 Å². The van der Waals surface area contributed by atoms with Gasteiger partial charge < -0.3 is 0 Å². The first-order valence-electron chi connectivity index (χ1n) is 7.03. The Labute approximate surface area is 128 Å². The second kappa shape index (κ2) is 5.91. The van der Waals surface area contributed by atoms with Gasteiger partial charge in [-0.05, 0) is 51.1 Å². The van der Waals surface area contributed by atoms with Gasteiger partial charge in [0.1, 0.15) is 5.69 Å². The number of likely N-dealkylation sites (tertiary alicyclic amines) is 1. The van der Waals surface area contributed by atoms with Crippen LogP contribution in [-0.2, 0) is 0 Å². The summed E-state index contributed by atoms with van der Waals surface area (Å²) >= 11 is 1.46. The zero-order chi connectivity index (χ0) is 14.8. The van der Waals surface area contributed by atoms with Crippen molar-refractivity contribution in [2.75, 3.05) is 18.9 Å². The van der Waals surface area contributed by atoms with Crippen LogP contribution < -0.4 is 5.32 Å². The third-order valence-corrected chi connectivity index (χ3v) is 4.59. The molecule has 6 heteroatoms. The van der Waals surface area contributed by atoms with Gasteiger partial charge in [0.15, 0.2) is 5.13 Å². The lowest BCUT2D eigenvalue weighted by atomic mass is 10.1. The predicted molar refractivity (Wildman–Crippen MR) is 83.6 cm³/mol. The molecule has 0 spiro atoms. The lowest BCUT2D eigenvalue weighted by molar-refractivity contribution is 0.102. The summed E-state index contributed by atoms with van der Waals surface area (Å²) in [4.78, 5) is 24.0. The minimum atomic E-state index is -0.202. The molecule has 3 heterocycles. The molecule has 110 valence electrons. The Balaban J connectivity index is 1.77. The van der Waals surface area contributed by atoms with Crippen molar-refractivity contribution in [2.45, 2.75) is 25.8 Å². The summed E-state index contributed by atoms with van der Waals surface area (Å²) in [6, 6.07) is 4.28. The SMILES string of the molecule is Cc1cnc(NC(=O)c2cc([C@@H]3CCCN3C)ccn2)s1. The van der Waals surface area contributed by atoms with Gasteiger partial charge in [0.05, 0.1) is 0 Å². The quantitative estimate of drug-likeness (QED) is 0.947. The van der Waals surface area contributed by atoms with Crippen molar-refractivity contribution in [3.8, 4) is 0 Å². The first kappa shape index (κ1) is 14.2. The molecule has 0 saturated carbocycles. The number of carbonyl (C=O) groups excluding carboxylic acids is 1. The molecule has 2 aromatic heterocycles. The molecule has 1 aliphatic heterocycles. The van der Waals surface area contributed by atoms with E-state index in [1.807, 2.05) is 19.1 Å². The van der Waals surface area contributed by atoms with Gasteiger partial charge in [0, 0.05) is 23.3 Å². The van der Waals surface area contributed by atoms with E-state index >= 15 is 0 Å². The van der Waals surface area contributed by atoms with Crippen LogP contribution >= 0.6 is 11.3 Å². The fraction of sp³-hybridized carbons (Fsp3) is 0.400. The van der Waals surface area contributed by atoms with Crippen LogP contribution in [0.4, 0.5) is 5.13 Å². The number of pyridine rings is 1. The van der Waals surface area contributed by atoms with Crippen LogP contribution in [0, 0.1) is 6.92 Å². The highest BCUT2D eigenvalue weighted by molar-refractivity contribution is 7.15. The summed E-state index contributed by atoms with van der Waals surface area (Å²) in [6.45, 7) is 3.06. The molecular weight excluding hydrogens is 284 g/mol. The van der Waals surface area contributed by atoms with Crippen molar-refractivity contribution < 1.29 is 4.79 Å². The van der Waals surface area contributed by atoms with Crippen molar-refractivity contribution in [2.24, 2.45) is 0 Å². The monoisotopic (exact) mass is 302 g/mol. The summed E-state index contributed by atoms with van der Waals surface area (Å²) < 4.78 is 0. The van der Waals surface area contributed by atoms with E-state index in [9.17, 15) is 4.79 Å². The number of amides is 1. The largest absolute Gasteiger partial charge is 0.299 e. The average Bonchev–Trinajstić information content (AvgIpc) is 3.07. The zero-order valence-corrected chi connectivity index (χ0v) is 13.0. The zero-order valence-electron chi connectivity index (χ0n) is 12.2. The van der Waals surface area contributed by atoms with Crippen LogP contribution in [0.2, 0.25) is 0 Å². The molecule has 1 fully saturated rings. The van der Waals surface area contributed by atoms with E-state index < -0.39 is 0 Å². The normalized spacial score (nSPS) is 18.9. The Morgan fingerprint density at radius 3 is 3.00 bits per heavy atom. The average molecular weight is 302 g/mol. The predicted octanol–water partition coefficient (Wildman–Crippen LogP) is 2.87. The van der Waals surface area contributed by atoms with Gasteiger partial charge in [0.25, 0.3) is 5.91 Å². The van der Waals surface area contributed by atoms with Crippen LogP contribution in [0.5, 0.6) is 0 Å². The van der Waals surface area contributed by atoms with E-state index in [-0.39, 0.29) is 5.91 Å². The smallest absolute Gasteiger partial charge is 0.276 e. The highest BCUT2D eigenvalue weighted by Gasteiger charge is 2.23. The molecule has 0 unspecified atom stereocenters. The molecule has 1 atom stereocenters. The van der Waals surface area contributed by atoms with Crippen LogP contribution in [0.25, 0.3) is 0 Å². The molecule has 5 nitrogen and oxygen atoms in total. The molecule has 0 aliphatic carbocycles. The number of hydrogen-bond acceptors (Lipinski definition) is 5. The lowest BCUT2D eigenvalue weighted by Gasteiger charge is -2.19. The number of nitrogens with zero attached hydrogens (tertiary/aromatic N) is 3. The van der Waals surface area contributed by atoms with Crippen molar-refractivity contribution in [1.29, 1.82) is 0 Å². The number of aromatic nitrogens is 2. The summed E-state index contributed by atoms with van der Waals surface area (Å²) in [6.07, 6.45) is 5.79. The highest BCUT2D eigenvalue weighted by atomic mass is 32.1.